The fourth-order valence-corrected chi connectivity index (χ4v) is 3.98. The van der Waals surface area contributed by atoms with Crippen LogP contribution in [0.4, 0.5) is 0 Å². The lowest BCUT2D eigenvalue weighted by atomic mass is 9.70. The zero-order valence-electron chi connectivity index (χ0n) is 11.0. The summed E-state index contributed by atoms with van der Waals surface area (Å²) in [6, 6.07) is 0. The van der Waals surface area contributed by atoms with Crippen LogP contribution in [0.3, 0.4) is 0 Å². The van der Waals surface area contributed by atoms with Gasteiger partial charge in [-0.05, 0) is 36.1 Å². The lowest BCUT2D eigenvalue weighted by molar-refractivity contribution is -0.128. The quantitative estimate of drug-likeness (QED) is 0.332. The predicted molar refractivity (Wildman–Crippen MR) is 74.3 cm³/mol. The van der Waals surface area contributed by atoms with Crippen LogP contribution in [-0.2, 0) is 4.79 Å². The minimum atomic E-state index is -0.660. The molecule has 1 amide bonds. The molecule has 7 heteroatoms. The van der Waals surface area contributed by atoms with Crippen LogP contribution in [-0.4, -0.2) is 36.0 Å². The number of hydrogen-bond donors (Lipinski definition) is 2. The highest BCUT2D eigenvalue weighted by Crippen LogP contribution is 2.42. The number of nitrogens with one attached hydrogen (secondary N) is 1. The molecule has 1 aliphatic rings. The van der Waals surface area contributed by atoms with Crippen LogP contribution in [0.15, 0.2) is 5.11 Å². The van der Waals surface area contributed by atoms with E-state index in [0.29, 0.717) is 25.3 Å². The molecule has 3 N–H and O–H groups in total. The molecule has 6 nitrogen and oxygen atoms in total. The molecular formula is C11H21N5OS. The fraction of sp³-hybridized carbons (Fsp3) is 0.909. The third-order valence-electron chi connectivity index (χ3n) is 3.69. The number of nitrogens with zero attached hydrogens (tertiary/aromatic N) is 3. The molecule has 1 rings (SSSR count). The number of thioether (sulfide) groups is 1. The van der Waals surface area contributed by atoms with Crippen LogP contribution >= 0.6 is 11.8 Å². The zero-order chi connectivity index (χ0) is 13.6. The minimum Gasteiger partial charge on any atom is -0.368 e. The number of carbonyl (C=O) groups excluding carboxylic acids is 1. The van der Waals surface area contributed by atoms with Crippen molar-refractivity contribution in [3.8, 4) is 0 Å². The highest BCUT2D eigenvalue weighted by Gasteiger charge is 2.51. The Morgan fingerprint density at radius 2 is 2.33 bits per heavy atom. The Hall–Kier alpha value is -0.910. The van der Waals surface area contributed by atoms with Gasteiger partial charge in [-0.25, -0.2) is 0 Å². The van der Waals surface area contributed by atoms with E-state index in [1.165, 1.54) is 0 Å². The summed E-state index contributed by atoms with van der Waals surface area (Å²) in [6.07, 6.45) is 1.67. The van der Waals surface area contributed by atoms with Crippen LogP contribution in [0.5, 0.6) is 0 Å². The molecule has 1 fully saturated rings. The Kier molecular flexibility index (Phi) is 5.31. The molecule has 18 heavy (non-hydrogen) atoms. The first-order valence-electron chi connectivity index (χ1n) is 6.10. The zero-order valence-corrected chi connectivity index (χ0v) is 11.8. The summed E-state index contributed by atoms with van der Waals surface area (Å²) >= 11 is 1.76. The number of rotatable bonds is 6. The molecule has 1 atom stereocenters. The van der Waals surface area contributed by atoms with Crippen molar-refractivity contribution in [1.29, 1.82) is 0 Å². The van der Waals surface area contributed by atoms with E-state index in [2.05, 4.69) is 29.2 Å². The Labute approximate surface area is 112 Å². The summed E-state index contributed by atoms with van der Waals surface area (Å²) in [5.41, 5.74) is 13.0. The molecule has 102 valence electrons. The highest BCUT2D eigenvalue weighted by molar-refractivity contribution is 7.99. The van der Waals surface area contributed by atoms with E-state index >= 15 is 0 Å². The molecule has 0 aliphatic carbocycles. The summed E-state index contributed by atoms with van der Waals surface area (Å²) in [5.74, 6) is 1.47. The molecule has 0 spiro atoms. The van der Waals surface area contributed by atoms with E-state index in [0.717, 1.165) is 12.2 Å². The second-order valence-corrected chi connectivity index (χ2v) is 6.30. The number of azide groups is 1. The first-order chi connectivity index (χ1) is 8.46. The SMILES string of the molecule is CC1(C)CCSCC1(NCCCN=[N+]=[N-])C(N)=O. The Balaban J connectivity index is 2.68. The van der Waals surface area contributed by atoms with Crippen LogP contribution in [0.25, 0.3) is 10.4 Å². The number of amides is 1. The van der Waals surface area contributed by atoms with E-state index in [1.54, 1.807) is 11.8 Å². The summed E-state index contributed by atoms with van der Waals surface area (Å²) < 4.78 is 0. The third-order valence-corrected chi connectivity index (χ3v) is 4.82. The smallest absolute Gasteiger partial charge is 0.239 e. The molecule has 1 saturated heterocycles. The summed E-state index contributed by atoms with van der Waals surface area (Å²) in [6.45, 7) is 5.23. The van der Waals surface area contributed by atoms with Gasteiger partial charge in [0, 0.05) is 17.2 Å². The Morgan fingerprint density at radius 1 is 1.61 bits per heavy atom. The number of nitrogens with two attached hydrogens (primary N) is 1. The Bertz CT molecular complexity index is 353. The number of hydrogen-bond acceptors (Lipinski definition) is 4. The lowest BCUT2D eigenvalue weighted by Gasteiger charge is -2.48. The first-order valence-corrected chi connectivity index (χ1v) is 7.25. The normalized spacial score (nSPS) is 26.3. The maximum absolute atomic E-state index is 11.9. The molecule has 0 aromatic carbocycles. The van der Waals surface area contributed by atoms with Crippen LogP contribution in [0, 0.1) is 5.41 Å². The average Bonchev–Trinajstić information content (AvgIpc) is 2.30. The first kappa shape index (κ1) is 15.1. The second kappa shape index (κ2) is 6.31. The van der Waals surface area contributed by atoms with Gasteiger partial charge in [0.1, 0.15) is 5.54 Å². The summed E-state index contributed by atoms with van der Waals surface area (Å²) in [5, 5.41) is 6.78. The average molecular weight is 271 g/mol. The van der Waals surface area contributed by atoms with Crippen molar-refractivity contribution in [3.63, 3.8) is 0 Å². The molecule has 0 aromatic rings. The van der Waals surface area contributed by atoms with Crippen molar-refractivity contribution >= 4 is 17.7 Å². The highest BCUT2D eigenvalue weighted by atomic mass is 32.2. The van der Waals surface area contributed by atoms with Gasteiger partial charge < -0.3 is 11.1 Å². The van der Waals surface area contributed by atoms with Gasteiger partial charge in [-0.2, -0.15) is 11.8 Å². The van der Waals surface area contributed by atoms with Crippen molar-refractivity contribution in [2.45, 2.75) is 32.2 Å². The van der Waals surface area contributed by atoms with Gasteiger partial charge in [0.2, 0.25) is 5.91 Å². The fourth-order valence-electron chi connectivity index (χ4n) is 2.24. The third kappa shape index (κ3) is 3.10. The number of carbonyl (C=O) groups is 1. The van der Waals surface area contributed by atoms with Gasteiger partial charge in [-0.1, -0.05) is 19.0 Å². The monoisotopic (exact) mass is 271 g/mol. The number of primary amides is 1. The van der Waals surface area contributed by atoms with Gasteiger partial charge >= 0.3 is 0 Å². The van der Waals surface area contributed by atoms with Gasteiger partial charge in [0.05, 0.1) is 0 Å². The van der Waals surface area contributed by atoms with E-state index in [9.17, 15) is 4.79 Å². The second-order valence-electron chi connectivity index (χ2n) is 5.19. The van der Waals surface area contributed by atoms with Gasteiger partial charge in [-0.3, -0.25) is 4.79 Å². The van der Waals surface area contributed by atoms with Gasteiger partial charge in [-0.15, -0.1) is 0 Å². The van der Waals surface area contributed by atoms with E-state index in [-0.39, 0.29) is 11.3 Å². The molecule has 1 aliphatic heterocycles. The molecule has 1 unspecified atom stereocenters. The maximum atomic E-state index is 11.9. The molecule has 0 aromatic heterocycles. The van der Waals surface area contributed by atoms with E-state index < -0.39 is 5.54 Å². The van der Waals surface area contributed by atoms with Crippen molar-refractivity contribution in [1.82, 2.24) is 5.32 Å². The largest absolute Gasteiger partial charge is 0.368 e. The van der Waals surface area contributed by atoms with Crippen LogP contribution < -0.4 is 11.1 Å². The topological polar surface area (TPSA) is 104 Å². The Morgan fingerprint density at radius 3 is 2.89 bits per heavy atom. The van der Waals surface area contributed by atoms with Crippen LogP contribution in [0.1, 0.15) is 26.7 Å². The van der Waals surface area contributed by atoms with Crippen molar-refractivity contribution in [2.75, 3.05) is 24.6 Å². The standard InChI is InChI=1S/C11H21N5OS/c1-10(2)4-7-18-8-11(10,9(12)17)14-5-3-6-15-16-13/h14H,3-8H2,1-2H3,(H2,12,17). The lowest BCUT2D eigenvalue weighted by Crippen LogP contribution is -2.67. The maximum Gasteiger partial charge on any atom is 0.239 e. The van der Waals surface area contributed by atoms with Gasteiger partial charge in [0.25, 0.3) is 0 Å². The summed E-state index contributed by atoms with van der Waals surface area (Å²) in [7, 11) is 0. The van der Waals surface area contributed by atoms with Gasteiger partial charge in [0.15, 0.2) is 0 Å². The van der Waals surface area contributed by atoms with Crippen LogP contribution in [0.2, 0.25) is 0 Å². The molecular weight excluding hydrogens is 250 g/mol. The molecule has 0 bridgehead atoms. The predicted octanol–water partition coefficient (Wildman–Crippen LogP) is 1.66. The molecule has 1 heterocycles. The molecule has 0 radical (unpaired) electrons. The summed E-state index contributed by atoms with van der Waals surface area (Å²) in [4.78, 5) is 14.6. The van der Waals surface area contributed by atoms with E-state index in [4.69, 9.17) is 11.3 Å². The van der Waals surface area contributed by atoms with Crippen molar-refractivity contribution < 1.29 is 4.79 Å². The van der Waals surface area contributed by atoms with Crippen molar-refractivity contribution in [3.05, 3.63) is 10.4 Å². The van der Waals surface area contributed by atoms with Crippen molar-refractivity contribution in [2.24, 2.45) is 16.3 Å². The molecule has 0 saturated carbocycles. The minimum absolute atomic E-state index is 0.150. The van der Waals surface area contributed by atoms with E-state index in [1.807, 2.05) is 0 Å².